The summed E-state index contributed by atoms with van der Waals surface area (Å²) in [4.78, 5) is 17.9. The molecule has 0 aromatic heterocycles. The summed E-state index contributed by atoms with van der Waals surface area (Å²) in [7, 11) is 3.33. The average molecular weight is 576 g/mol. The lowest BCUT2D eigenvalue weighted by molar-refractivity contribution is -0.127. The first-order chi connectivity index (χ1) is 15.4. The summed E-state index contributed by atoms with van der Waals surface area (Å²) in [5.74, 6) is 0.458. The Bertz CT molecular complexity index is 883. The smallest absolute Gasteiger partial charge is 0.387 e. The molecule has 2 aromatic carbocycles. The van der Waals surface area contributed by atoms with Crippen molar-refractivity contribution in [2.24, 2.45) is 4.99 Å². The molecule has 0 atom stereocenters. The van der Waals surface area contributed by atoms with Crippen molar-refractivity contribution in [3.05, 3.63) is 59.7 Å². The molecule has 33 heavy (non-hydrogen) atoms. The van der Waals surface area contributed by atoms with Gasteiger partial charge in [-0.3, -0.25) is 4.79 Å². The number of para-hydroxylation sites is 1. The molecule has 0 radical (unpaired) electrons. The molecule has 0 bridgehead atoms. The van der Waals surface area contributed by atoms with Crippen LogP contribution in [0.2, 0.25) is 0 Å². The third kappa shape index (κ3) is 10.2. The largest absolute Gasteiger partial charge is 0.490 e. The molecule has 7 nitrogen and oxygen atoms in total. The van der Waals surface area contributed by atoms with Gasteiger partial charge in [0.15, 0.2) is 17.5 Å². The predicted molar refractivity (Wildman–Crippen MR) is 136 cm³/mol. The Kier molecular flexibility index (Phi) is 13.1. The van der Waals surface area contributed by atoms with E-state index in [1.807, 2.05) is 30.3 Å². The van der Waals surface area contributed by atoms with Gasteiger partial charge in [0, 0.05) is 26.2 Å². The Morgan fingerprint density at radius 3 is 2.45 bits per heavy atom. The number of nitrogens with one attached hydrogen (secondary N) is 2. The fourth-order valence-corrected chi connectivity index (χ4v) is 2.80. The number of hydrogen-bond donors (Lipinski definition) is 2. The van der Waals surface area contributed by atoms with Crippen molar-refractivity contribution in [3.8, 4) is 11.5 Å². The number of rotatable bonds is 11. The van der Waals surface area contributed by atoms with Crippen LogP contribution in [0.25, 0.3) is 0 Å². The number of likely N-dealkylation sites (N-methyl/N-ethyl adjacent to an activating group) is 1. The number of carbonyl (C=O) groups excluding carboxylic acids is 1. The van der Waals surface area contributed by atoms with E-state index < -0.39 is 6.61 Å². The number of ether oxygens (including phenoxy) is 2. The molecule has 0 unspecified atom stereocenters. The summed E-state index contributed by atoms with van der Waals surface area (Å²) in [6, 6.07) is 14.8. The third-order valence-electron chi connectivity index (χ3n) is 4.43. The van der Waals surface area contributed by atoms with Crippen LogP contribution < -0.4 is 20.1 Å². The summed E-state index contributed by atoms with van der Waals surface area (Å²) in [6.07, 6.45) is 0.753. The normalized spacial score (nSPS) is 10.9. The summed E-state index contributed by atoms with van der Waals surface area (Å²) >= 11 is 0. The van der Waals surface area contributed by atoms with E-state index in [4.69, 9.17) is 9.47 Å². The van der Waals surface area contributed by atoms with Crippen LogP contribution in [0.1, 0.15) is 18.1 Å². The third-order valence-corrected chi connectivity index (χ3v) is 4.43. The number of guanidine groups is 1. The molecule has 0 fully saturated rings. The standard InChI is InChI=1S/C23H30F2N4O3.HI/c1-4-31-19-12-8-11-18(21(19)32-22(24)25)15-27-23(28-16-20(30)29(2)3)26-14-13-17-9-6-5-7-10-17;/h5-12,22H,4,13-16H2,1-3H3,(H2,26,27,28);1H. The van der Waals surface area contributed by atoms with Crippen LogP contribution >= 0.6 is 24.0 Å². The van der Waals surface area contributed by atoms with Gasteiger partial charge in [0.25, 0.3) is 0 Å². The number of carbonyl (C=O) groups is 1. The Hall–Kier alpha value is -2.63. The molecule has 10 heteroatoms. The van der Waals surface area contributed by atoms with E-state index in [0.29, 0.717) is 24.7 Å². The highest BCUT2D eigenvalue weighted by Gasteiger charge is 2.16. The Balaban J connectivity index is 0.00000544. The number of halogens is 3. The maximum Gasteiger partial charge on any atom is 0.387 e. The van der Waals surface area contributed by atoms with Gasteiger partial charge in [0.1, 0.15) is 0 Å². The molecule has 1 amide bonds. The predicted octanol–water partition coefficient (Wildman–Crippen LogP) is 3.67. The van der Waals surface area contributed by atoms with Gasteiger partial charge in [-0.05, 0) is 25.0 Å². The Morgan fingerprint density at radius 1 is 1.09 bits per heavy atom. The van der Waals surface area contributed by atoms with E-state index in [2.05, 4.69) is 15.6 Å². The van der Waals surface area contributed by atoms with Crippen molar-refractivity contribution in [2.75, 3.05) is 33.8 Å². The van der Waals surface area contributed by atoms with E-state index in [1.54, 1.807) is 39.2 Å². The minimum atomic E-state index is -2.99. The number of nitrogens with zero attached hydrogens (tertiary/aromatic N) is 2. The summed E-state index contributed by atoms with van der Waals surface area (Å²) < 4.78 is 36.0. The van der Waals surface area contributed by atoms with Crippen molar-refractivity contribution in [1.82, 2.24) is 15.5 Å². The fourth-order valence-electron chi connectivity index (χ4n) is 2.80. The van der Waals surface area contributed by atoms with Gasteiger partial charge < -0.3 is 25.0 Å². The molecule has 0 saturated carbocycles. The van der Waals surface area contributed by atoms with Crippen molar-refractivity contribution >= 4 is 35.8 Å². The maximum absolute atomic E-state index is 13.0. The van der Waals surface area contributed by atoms with E-state index in [1.165, 1.54) is 4.90 Å². The second-order valence-corrected chi connectivity index (χ2v) is 7.02. The van der Waals surface area contributed by atoms with Crippen molar-refractivity contribution < 1.29 is 23.0 Å². The molecule has 2 rings (SSSR count). The number of amides is 1. The molecule has 0 aliphatic rings. The van der Waals surface area contributed by atoms with Crippen LogP contribution in [0.4, 0.5) is 8.78 Å². The van der Waals surface area contributed by atoms with Gasteiger partial charge in [-0.15, -0.1) is 24.0 Å². The van der Waals surface area contributed by atoms with Crippen LogP contribution in [-0.4, -0.2) is 57.2 Å². The lowest BCUT2D eigenvalue weighted by Gasteiger charge is -2.16. The average Bonchev–Trinajstić information content (AvgIpc) is 2.77. The quantitative estimate of drug-likeness (QED) is 0.243. The summed E-state index contributed by atoms with van der Waals surface area (Å²) in [6.45, 7) is -0.238. The van der Waals surface area contributed by atoms with Gasteiger partial charge in [-0.2, -0.15) is 8.78 Å². The summed E-state index contributed by atoms with van der Waals surface area (Å²) in [5.41, 5.74) is 1.60. The highest BCUT2D eigenvalue weighted by atomic mass is 127. The fraction of sp³-hybridized carbons (Fsp3) is 0.391. The second-order valence-electron chi connectivity index (χ2n) is 7.02. The molecule has 0 heterocycles. The first-order valence-corrected chi connectivity index (χ1v) is 10.4. The zero-order valence-electron chi connectivity index (χ0n) is 19.0. The molecule has 0 aliphatic carbocycles. The molecular weight excluding hydrogens is 545 g/mol. The van der Waals surface area contributed by atoms with Gasteiger partial charge >= 0.3 is 6.61 Å². The topological polar surface area (TPSA) is 75.2 Å². The first kappa shape index (κ1) is 28.4. The molecule has 0 saturated heterocycles. The lowest BCUT2D eigenvalue weighted by atomic mass is 10.1. The molecule has 2 N–H and O–H groups in total. The molecular formula is C23H31F2IN4O3. The van der Waals surface area contributed by atoms with Crippen LogP contribution in [0.15, 0.2) is 53.5 Å². The minimum Gasteiger partial charge on any atom is -0.490 e. The highest BCUT2D eigenvalue weighted by molar-refractivity contribution is 14.0. The van der Waals surface area contributed by atoms with Crippen LogP contribution in [0.3, 0.4) is 0 Å². The maximum atomic E-state index is 13.0. The number of aliphatic imine (C=N–C) groups is 1. The van der Waals surface area contributed by atoms with E-state index in [0.717, 1.165) is 12.0 Å². The zero-order valence-corrected chi connectivity index (χ0v) is 21.3. The summed E-state index contributed by atoms with van der Waals surface area (Å²) in [5, 5.41) is 6.17. The van der Waals surface area contributed by atoms with Crippen molar-refractivity contribution in [3.63, 3.8) is 0 Å². The van der Waals surface area contributed by atoms with Gasteiger partial charge in [-0.1, -0.05) is 42.5 Å². The molecule has 2 aromatic rings. The molecule has 0 aliphatic heterocycles. The van der Waals surface area contributed by atoms with Crippen LogP contribution in [-0.2, 0) is 17.8 Å². The number of benzene rings is 2. The minimum absolute atomic E-state index is 0. The van der Waals surface area contributed by atoms with Crippen LogP contribution in [0.5, 0.6) is 11.5 Å². The molecule has 182 valence electrons. The van der Waals surface area contributed by atoms with Gasteiger partial charge in [0.05, 0.1) is 19.7 Å². The lowest BCUT2D eigenvalue weighted by Crippen LogP contribution is -2.43. The monoisotopic (exact) mass is 576 g/mol. The van der Waals surface area contributed by atoms with Gasteiger partial charge in [0.2, 0.25) is 5.91 Å². The molecule has 0 spiro atoms. The Labute approximate surface area is 210 Å². The van der Waals surface area contributed by atoms with Crippen molar-refractivity contribution in [1.29, 1.82) is 0 Å². The SMILES string of the molecule is CCOc1cccc(CN=C(NCCc2ccccc2)NCC(=O)N(C)C)c1OC(F)F.I. The van der Waals surface area contributed by atoms with Gasteiger partial charge in [-0.25, -0.2) is 4.99 Å². The van der Waals surface area contributed by atoms with E-state index >= 15 is 0 Å². The first-order valence-electron chi connectivity index (χ1n) is 10.4. The number of hydrogen-bond acceptors (Lipinski definition) is 4. The number of alkyl halides is 2. The second kappa shape index (κ2) is 15.3. The van der Waals surface area contributed by atoms with Crippen molar-refractivity contribution in [2.45, 2.75) is 26.5 Å². The Morgan fingerprint density at radius 2 is 1.82 bits per heavy atom. The van der Waals surface area contributed by atoms with Crippen LogP contribution in [0, 0.1) is 0 Å². The highest BCUT2D eigenvalue weighted by Crippen LogP contribution is 2.33. The zero-order chi connectivity index (χ0) is 23.3. The van der Waals surface area contributed by atoms with E-state index in [9.17, 15) is 13.6 Å². The van der Waals surface area contributed by atoms with E-state index in [-0.39, 0.29) is 54.5 Å².